The first kappa shape index (κ1) is 8.16. The van der Waals surface area contributed by atoms with Crippen LogP contribution < -0.4 is 0 Å². The first-order valence-corrected chi connectivity index (χ1v) is 4.60. The Morgan fingerprint density at radius 3 is 2.87 bits per heavy atom. The monoisotopic (exact) mass is 199 g/mol. The zero-order valence-corrected chi connectivity index (χ0v) is 8.20. The molecule has 0 aliphatic rings. The number of imidazole rings is 2. The number of aromatic nitrogens is 5. The Balaban J connectivity index is 2.36. The van der Waals surface area contributed by atoms with E-state index in [1.807, 2.05) is 28.4 Å². The van der Waals surface area contributed by atoms with Crippen LogP contribution in [0.2, 0.25) is 0 Å². The van der Waals surface area contributed by atoms with Gasteiger partial charge in [-0.25, -0.2) is 15.0 Å². The molecular formula is C10H9N5. The summed E-state index contributed by atoms with van der Waals surface area (Å²) >= 11 is 0. The Morgan fingerprint density at radius 1 is 1.13 bits per heavy atom. The Bertz CT molecular complexity index is 593. The summed E-state index contributed by atoms with van der Waals surface area (Å²) < 4.78 is 3.83. The van der Waals surface area contributed by atoms with Crippen LogP contribution in [-0.2, 0) is 7.05 Å². The van der Waals surface area contributed by atoms with Crippen LogP contribution in [-0.4, -0.2) is 24.1 Å². The van der Waals surface area contributed by atoms with Gasteiger partial charge in [0, 0.05) is 25.6 Å². The quantitative estimate of drug-likeness (QED) is 0.590. The van der Waals surface area contributed by atoms with Gasteiger partial charge in [-0.05, 0) is 6.07 Å². The van der Waals surface area contributed by atoms with Crippen molar-refractivity contribution in [2.24, 2.45) is 7.05 Å². The molecule has 3 aromatic rings. The summed E-state index contributed by atoms with van der Waals surface area (Å²) in [7, 11) is 1.97. The predicted molar refractivity (Wildman–Crippen MR) is 55.6 cm³/mol. The molecule has 3 rings (SSSR count). The van der Waals surface area contributed by atoms with Crippen LogP contribution >= 0.6 is 0 Å². The second-order valence-electron chi connectivity index (χ2n) is 3.33. The molecule has 3 aromatic heterocycles. The molecule has 0 saturated heterocycles. The van der Waals surface area contributed by atoms with Gasteiger partial charge in [0.25, 0.3) is 0 Å². The van der Waals surface area contributed by atoms with Gasteiger partial charge in [0.2, 0.25) is 0 Å². The van der Waals surface area contributed by atoms with E-state index < -0.39 is 0 Å². The molecule has 0 spiro atoms. The van der Waals surface area contributed by atoms with Gasteiger partial charge in [0.15, 0.2) is 5.82 Å². The third-order valence-corrected chi connectivity index (χ3v) is 2.37. The fourth-order valence-corrected chi connectivity index (χ4v) is 1.62. The van der Waals surface area contributed by atoms with Crippen LogP contribution in [0.15, 0.2) is 37.3 Å². The minimum absolute atomic E-state index is 0.811. The van der Waals surface area contributed by atoms with Crippen molar-refractivity contribution in [1.29, 1.82) is 0 Å². The lowest BCUT2D eigenvalue weighted by atomic mass is 10.4. The second kappa shape index (κ2) is 2.91. The maximum atomic E-state index is 4.33. The molecule has 0 radical (unpaired) electrons. The Labute approximate surface area is 86.0 Å². The van der Waals surface area contributed by atoms with Crippen molar-refractivity contribution in [3.63, 3.8) is 0 Å². The van der Waals surface area contributed by atoms with E-state index in [1.54, 1.807) is 25.0 Å². The maximum absolute atomic E-state index is 4.33. The van der Waals surface area contributed by atoms with Crippen molar-refractivity contribution >= 4 is 11.0 Å². The van der Waals surface area contributed by atoms with Crippen molar-refractivity contribution in [2.45, 2.75) is 0 Å². The molecule has 3 heterocycles. The van der Waals surface area contributed by atoms with Gasteiger partial charge in [-0.2, -0.15) is 0 Å². The normalized spacial score (nSPS) is 11.0. The van der Waals surface area contributed by atoms with Crippen molar-refractivity contribution in [3.05, 3.63) is 37.3 Å². The molecule has 0 atom stereocenters. The van der Waals surface area contributed by atoms with Gasteiger partial charge >= 0.3 is 0 Å². The molecule has 0 N–H and O–H groups in total. The molecule has 0 unspecified atom stereocenters. The van der Waals surface area contributed by atoms with E-state index in [2.05, 4.69) is 15.0 Å². The minimum Gasteiger partial charge on any atom is -0.334 e. The summed E-state index contributed by atoms with van der Waals surface area (Å²) in [5.41, 5.74) is 1.95. The zero-order chi connectivity index (χ0) is 10.3. The second-order valence-corrected chi connectivity index (χ2v) is 3.33. The number of hydrogen-bond acceptors (Lipinski definition) is 3. The van der Waals surface area contributed by atoms with E-state index in [1.165, 1.54) is 0 Å². The first-order valence-electron chi connectivity index (χ1n) is 4.60. The van der Waals surface area contributed by atoms with Crippen LogP contribution in [0.4, 0.5) is 0 Å². The van der Waals surface area contributed by atoms with E-state index >= 15 is 0 Å². The van der Waals surface area contributed by atoms with Gasteiger partial charge < -0.3 is 4.57 Å². The molecule has 15 heavy (non-hydrogen) atoms. The van der Waals surface area contributed by atoms with Gasteiger partial charge in [-0.1, -0.05) is 0 Å². The zero-order valence-electron chi connectivity index (χ0n) is 8.20. The van der Waals surface area contributed by atoms with Crippen LogP contribution in [0.3, 0.4) is 0 Å². The van der Waals surface area contributed by atoms with E-state index in [4.69, 9.17) is 0 Å². The van der Waals surface area contributed by atoms with E-state index in [0.29, 0.717) is 0 Å². The van der Waals surface area contributed by atoms with Crippen LogP contribution in [0.5, 0.6) is 0 Å². The van der Waals surface area contributed by atoms with Gasteiger partial charge in [0.1, 0.15) is 11.8 Å². The molecule has 5 heteroatoms. The molecule has 0 fully saturated rings. The third kappa shape index (κ3) is 1.13. The topological polar surface area (TPSA) is 48.5 Å². The Kier molecular flexibility index (Phi) is 1.58. The van der Waals surface area contributed by atoms with Crippen LogP contribution in [0, 0.1) is 0 Å². The highest BCUT2D eigenvalue weighted by atomic mass is 15.1. The van der Waals surface area contributed by atoms with E-state index in [0.717, 1.165) is 16.9 Å². The number of pyridine rings is 1. The summed E-state index contributed by atoms with van der Waals surface area (Å²) in [5, 5.41) is 0. The largest absolute Gasteiger partial charge is 0.334 e. The van der Waals surface area contributed by atoms with Gasteiger partial charge in [-0.3, -0.25) is 4.57 Å². The summed E-state index contributed by atoms with van der Waals surface area (Å²) in [5.74, 6) is 0.811. The Hall–Kier alpha value is -2.17. The highest BCUT2D eigenvalue weighted by molar-refractivity contribution is 5.81. The van der Waals surface area contributed by atoms with Crippen molar-refractivity contribution in [3.8, 4) is 5.82 Å². The average molecular weight is 199 g/mol. The summed E-state index contributed by atoms with van der Waals surface area (Å²) in [6, 6.07) is 1.95. The van der Waals surface area contributed by atoms with Gasteiger partial charge in [-0.15, -0.1) is 0 Å². The summed E-state index contributed by atoms with van der Waals surface area (Å²) in [4.78, 5) is 12.6. The number of fused-ring (bicyclic) bond motifs is 1. The van der Waals surface area contributed by atoms with E-state index in [-0.39, 0.29) is 0 Å². The van der Waals surface area contributed by atoms with Crippen molar-refractivity contribution < 1.29 is 0 Å². The fourth-order valence-electron chi connectivity index (χ4n) is 1.62. The molecule has 0 aliphatic heterocycles. The van der Waals surface area contributed by atoms with Gasteiger partial charge in [0.05, 0.1) is 11.8 Å². The molecule has 0 amide bonds. The molecule has 0 aliphatic carbocycles. The molecule has 0 aromatic carbocycles. The molecule has 0 bridgehead atoms. The van der Waals surface area contributed by atoms with E-state index in [9.17, 15) is 0 Å². The number of aryl methyl sites for hydroxylation is 1. The number of nitrogens with zero attached hydrogens (tertiary/aromatic N) is 5. The lowest BCUT2D eigenvalue weighted by Gasteiger charge is -2.01. The van der Waals surface area contributed by atoms with Crippen LogP contribution in [0.25, 0.3) is 16.9 Å². The number of hydrogen-bond donors (Lipinski definition) is 0. The van der Waals surface area contributed by atoms with Crippen molar-refractivity contribution in [1.82, 2.24) is 24.1 Å². The predicted octanol–water partition coefficient (Wildman–Crippen LogP) is 1.15. The smallest absolute Gasteiger partial charge is 0.166 e. The molecular weight excluding hydrogens is 190 g/mol. The maximum Gasteiger partial charge on any atom is 0.166 e. The SMILES string of the molecule is Cn1cnc2c(-n3ccnc3)nccc21. The standard InChI is InChI=1S/C10H9N5/c1-14-7-13-9-8(14)2-3-12-10(9)15-5-4-11-6-15/h2-7H,1H3. The Morgan fingerprint density at radius 2 is 2.07 bits per heavy atom. The van der Waals surface area contributed by atoms with Crippen LogP contribution in [0.1, 0.15) is 0 Å². The third-order valence-electron chi connectivity index (χ3n) is 2.37. The lowest BCUT2D eigenvalue weighted by Crippen LogP contribution is -1.95. The highest BCUT2D eigenvalue weighted by Gasteiger charge is 2.07. The average Bonchev–Trinajstić information content (AvgIpc) is 2.88. The van der Waals surface area contributed by atoms with Crippen molar-refractivity contribution in [2.75, 3.05) is 0 Å². The lowest BCUT2D eigenvalue weighted by molar-refractivity contribution is 0.947. The molecule has 0 saturated carbocycles. The number of rotatable bonds is 1. The summed E-state index contributed by atoms with van der Waals surface area (Å²) in [6.45, 7) is 0. The summed E-state index contributed by atoms with van der Waals surface area (Å²) in [6.07, 6.45) is 8.86. The first-order chi connectivity index (χ1) is 7.36. The molecule has 74 valence electrons. The minimum atomic E-state index is 0.811. The fraction of sp³-hybridized carbons (Fsp3) is 0.100. The highest BCUT2D eigenvalue weighted by Crippen LogP contribution is 2.17. The molecule has 5 nitrogen and oxygen atoms in total.